The van der Waals surface area contributed by atoms with Crippen LogP contribution in [0.2, 0.25) is 0 Å². The Morgan fingerprint density at radius 1 is 0.962 bits per heavy atom. The number of aromatic carboxylic acids is 1. The Morgan fingerprint density at radius 3 is 2.25 bits per heavy atom. The Hall–Kier alpha value is -4.41. The summed E-state index contributed by atoms with van der Waals surface area (Å²) in [5, 5.41) is 25.3. The molecule has 1 aliphatic rings. The molecule has 3 atom stereocenters. The van der Waals surface area contributed by atoms with Crippen LogP contribution < -0.4 is 15.4 Å². The zero-order valence-electron chi connectivity index (χ0n) is 30.7. The molecule has 1 fully saturated rings. The minimum atomic E-state index is -1.02. The second-order valence-corrected chi connectivity index (χ2v) is 14.6. The van der Waals surface area contributed by atoms with Crippen molar-refractivity contribution in [1.29, 1.82) is 0 Å². The first-order chi connectivity index (χ1) is 25.3. The van der Waals surface area contributed by atoms with Crippen LogP contribution >= 0.6 is 11.3 Å². The van der Waals surface area contributed by atoms with Gasteiger partial charge in [0, 0.05) is 25.9 Å². The molecule has 0 spiro atoms. The minimum Gasteiger partial charge on any atom is -0.491 e. The van der Waals surface area contributed by atoms with Crippen molar-refractivity contribution in [2.75, 3.05) is 52.8 Å². The third-order valence-electron chi connectivity index (χ3n) is 8.51. The van der Waals surface area contributed by atoms with Crippen LogP contribution in [0.25, 0.3) is 10.4 Å². The molecule has 0 aliphatic carbocycles. The predicted molar refractivity (Wildman–Crippen MR) is 198 cm³/mol. The lowest BCUT2D eigenvalue weighted by Gasteiger charge is -2.35. The highest BCUT2D eigenvalue weighted by Crippen LogP contribution is 2.28. The topological polar surface area (TPSA) is 186 Å². The number of carbonyl (C=O) groups is 4. The van der Waals surface area contributed by atoms with E-state index in [-0.39, 0.29) is 63.1 Å². The highest BCUT2D eigenvalue weighted by atomic mass is 32.1. The summed E-state index contributed by atoms with van der Waals surface area (Å²) in [5.41, 5.74) is 4.19. The number of carbonyl (C=O) groups excluding carboxylic acids is 3. The lowest BCUT2D eigenvalue weighted by molar-refractivity contribution is -0.144. The molecular weight excluding hydrogens is 705 g/mol. The van der Waals surface area contributed by atoms with Gasteiger partial charge in [-0.15, -0.1) is 11.3 Å². The van der Waals surface area contributed by atoms with Gasteiger partial charge in [0.25, 0.3) is 0 Å². The standard InChI is InChI=1S/C38H50N4O10S/c1-25-33(53-24-40-25)27-10-8-26(9-11-27)22-39-35(45)31-21-29(43)23-42(31)36(46)34(38(2,3)4)41-32(44)12-13-49-14-15-50-16-17-51-18-19-52-30-7-5-6-28(20-30)37(47)48/h5-11,20,24,29,31,34,43H,12-19,21-23H2,1-4H3,(H,39,45)(H,41,44)(H,47,48). The lowest BCUT2D eigenvalue weighted by Crippen LogP contribution is -2.57. The fourth-order valence-corrected chi connectivity index (χ4v) is 6.47. The number of ether oxygens (including phenoxy) is 4. The quantitative estimate of drug-likeness (QED) is 0.124. The van der Waals surface area contributed by atoms with E-state index in [4.69, 9.17) is 24.1 Å². The molecule has 0 radical (unpaired) electrons. The summed E-state index contributed by atoms with van der Waals surface area (Å²) in [4.78, 5) is 57.8. The Kier molecular flexibility index (Phi) is 15.7. The molecule has 3 aromatic rings. The molecule has 3 amide bonds. The number of aliphatic hydroxyl groups excluding tert-OH is 1. The van der Waals surface area contributed by atoms with Crippen LogP contribution in [0.4, 0.5) is 0 Å². The summed E-state index contributed by atoms with van der Waals surface area (Å²) >= 11 is 1.57. The predicted octanol–water partition coefficient (Wildman–Crippen LogP) is 3.44. The van der Waals surface area contributed by atoms with Gasteiger partial charge in [-0.1, -0.05) is 51.1 Å². The normalized spacial score (nSPS) is 16.3. The number of likely N-dealkylation sites (tertiary alicyclic amines) is 1. The van der Waals surface area contributed by atoms with Crippen molar-refractivity contribution in [3.8, 4) is 16.2 Å². The Labute approximate surface area is 313 Å². The van der Waals surface area contributed by atoms with Crippen LogP contribution in [-0.4, -0.2) is 115 Å². The van der Waals surface area contributed by atoms with Crippen LogP contribution in [0.5, 0.6) is 5.75 Å². The van der Waals surface area contributed by atoms with Crippen LogP contribution in [0.1, 0.15) is 55.2 Å². The molecule has 0 saturated carbocycles. The van der Waals surface area contributed by atoms with Gasteiger partial charge in [-0.2, -0.15) is 0 Å². The number of thiazole rings is 1. The van der Waals surface area contributed by atoms with Crippen LogP contribution in [-0.2, 0) is 35.1 Å². The first-order valence-electron chi connectivity index (χ1n) is 17.6. The lowest BCUT2D eigenvalue weighted by atomic mass is 9.85. The van der Waals surface area contributed by atoms with Gasteiger partial charge in [-0.3, -0.25) is 14.4 Å². The number of carboxylic acid groups (broad SMARTS) is 1. The van der Waals surface area contributed by atoms with Crippen molar-refractivity contribution in [1.82, 2.24) is 20.5 Å². The number of hydrogen-bond acceptors (Lipinski definition) is 11. The van der Waals surface area contributed by atoms with Gasteiger partial charge in [0.1, 0.15) is 24.4 Å². The number of aliphatic hydroxyl groups is 1. The molecule has 53 heavy (non-hydrogen) atoms. The Bertz CT molecular complexity index is 1660. The summed E-state index contributed by atoms with van der Waals surface area (Å²) in [6.45, 7) is 9.63. The molecule has 2 aromatic carbocycles. The van der Waals surface area contributed by atoms with Crippen LogP contribution in [0, 0.1) is 12.3 Å². The summed E-state index contributed by atoms with van der Waals surface area (Å²) in [5.74, 6) is -1.74. The second-order valence-electron chi connectivity index (χ2n) is 13.7. The van der Waals surface area contributed by atoms with Gasteiger partial charge < -0.3 is 44.7 Å². The zero-order chi connectivity index (χ0) is 38.4. The fourth-order valence-electron chi connectivity index (χ4n) is 5.66. The summed E-state index contributed by atoms with van der Waals surface area (Å²) < 4.78 is 22.0. The van der Waals surface area contributed by atoms with E-state index >= 15 is 0 Å². The molecular formula is C38H50N4O10S. The molecule has 4 rings (SSSR count). The third-order valence-corrected chi connectivity index (χ3v) is 9.48. The van der Waals surface area contributed by atoms with E-state index < -0.39 is 35.5 Å². The largest absolute Gasteiger partial charge is 0.491 e. The molecule has 288 valence electrons. The minimum absolute atomic E-state index is 0.00670. The summed E-state index contributed by atoms with van der Waals surface area (Å²) in [6.07, 6.45) is -0.737. The van der Waals surface area contributed by atoms with Crippen molar-refractivity contribution in [2.24, 2.45) is 5.41 Å². The number of aromatic nitrogens is 1. The second kappa shape index (κ2) is 20.2. The van der Waals surface area contributed by atoms with Crippen molar-refractivity contribution < 1.29 is 48.3 Å². The van der Waals surface area contributed by atoms with E-state index in [2.05, 4.69) is 15.6 Å². The Balaban J connectivity index is 1.13. The number of benzene rings is 2. The number of β-amino-alcohol motifs (C(OH)–C–C–N with tert-alkyl or cyclic N) is 1. The van der Waals surface area contributed by atoms with Gasteiger partial charge in [0.05, 0.1) is 67.4 Å². The zero-order valence-corrected chi connectivity index (χ0v) is 31.5. The monoisotopic (exact) mass is 754 g/mol. The van der Waals surface area contributed by atoms with Gasteiger partial charge in [0.2, 0.25) is 17.7 Å². The molecule has 1 aliphatic heterocycles. The highest BCUT2D eigenvalue weighted by molar-refractivity contribution is 7.13. The van der Waals surface area contributed by atoms with Crippen molar-refractivity contribution in [3.63, 3.8) is 0 Å². The average Bonchev–Trinajstić information content (AvgIpc) is 3.74. The van der Waals surface area contributed by atoms with Crippen molar-refractivity contribution >= 4 is 35.0 Å². The molecule has 2 heterocycles. The molecule has 1 aromatic heterocycles. The summed E-state index contributed by atoms with van der Waals surface area (Å²) in [7, 11) is 0. The molecule has 4 N–H and O–H groups in total. The van der Waals surface area contributed by atoms with Crippen molar-refractivity contribution in [2.45, 2.75) is 65.3 Å². The number of carboxylic acids is 1. The SMILES string of the molecule is Cc1ncsc1-c1ccc(CNC(=O)C2CC(O)CN2C(=O)C(NC(=O)CCOCCOCCOCCOc2cccc(C(=O)O)c2)C(C)(C)C)cc1. The van der Waals surface area contributed by atoms with Crippen molar-refractivity contribution in [3.05, 3.63) is 70.9 Å². The van der Waals surface area contributed by atoms with E-state index in [1.807, 2.05) is 57.5 Å². The van der Waals surface area contributed by atoms with E-state index in [1.165, 1.54) is 17.0 Å². The number of aryl methyl sites for hydroxylation is 1. The molecule has 1 saturated heterocycles. The number of nitrogens with zero attached hydrogens (tertiary/aromatic N) is 2. The Morgan fingerprint density at radius 2 is 1.62 bits per heavy atom. The number of nitrogens with one attached hydrogen (secondary N) is 2. The van der Waals surface area contributed by atoms with Gasteiger partial charge in [-0.05, 0) is 41.7 Å². The maximum Gasteiger partial charge on any atom is 0.335 e. The smallest absolute Gasteiger partial charge is 0.335 e. The van der Waals surface area contributed by atoms with Gasteiger partial charge >= 0.3 is 5.97 Å². The summed E-state index contributed by atoms with van der Waals surface area (Å²) in [6, 6.07) is 12.3. The van der Waals surface area contributed by atoms with E-state index in [0.717, 1.165) is 21.7 Å². The molecule has 3 unspecified atom stereocenters. The molecule has 15 heteroatoms. The first kappa shape index (κ1) is 41.3. The molecule has 0 bridgehead atoms. The van der Waals surface area contributed by atoms with Gasteiger partial charge in [0.15, 0.2) is 0 Å². The van der Waals surface area contributed by atoms with E-state index in [0.29, 0.717) is 32.2 Å². The molecule has 14 nitrogen and oxygen atoms in total. The van der Waals surface area contributed by atoms with E-state index in [1.54, 1.807) is 23.5 Å². The highest BCUT2D eigenvalue weighted by Gasteiger charge is 2.44. The van der Waals surface area contributed by atoms with Crippen LogP contribution in [0.15, 0.2) is 54.0 Å². The third kappa shape index (κ3) is 12.9. The maximum absolute atomic E-state index is 13.8. The fraction of sp³-hybridized carbons (Fsp3) is 0.500. The van der Waals surface area contributed by atoms with E-state index in [9.17, 15) is 24.3 Å². The number of amides is 3. The maximum atomic E-state index is 13.8. The van der Waals surface area contributed by atoms with Gasteiger partial charge in [-0.25, -0.2) is 9.78 Å². The van der Waals surface area contributed by atoms with Crippen LogP contribution in [0.3, 0.4) is 0 Å². The first-order valence-corrected chi connectivity index (χ1v) is 18.5. The average molecular weight is 755 g/mol. The number of hydrogen-bond donors (Lipinski definition) is 4. The number of rotatable bonds is 20.